The summed E-state index contributed by atoms with van der Waals surface area (Å²) >= 11 is 1.48. The quantitative estimate of drug-likeness (QED) is 0.359. The van der Waals surface area contributed by atoms with E-state index in [4.69, 9.17) is 0 Å². The normalized spacial score (nSPS) is 13.9. The Kier molecular flexibility index (Phi) is 11.8. The zero-order valence-electron chi connectivity index (χ0n) is 22.9. The molecule has 0 aliphatic heterocycles. The van der Waals surface area contributed by atoms with E-state index in [0.29, 0.717) is 36.8 Å². The van der Waals surface area contributed by atoms with E-state index in [2.05, 4.69) is 38.0 Å². The average molecular weight is 514 g/mol. The topological polar surface area (TPSA) is 79.4 Å². The van der Waals surface area contributed by atoms with E-state index in [-0.39, 0.29) is 35.6 Å². The van der Waals surface area contributed by atoms with Gasteiger partial charge in [-0.1, -0.05) is 65.0 Å². The third-order valence-electron chi connectivity index (χ3n) is 6.67. The summed E-state index contributed by atoms with van der Waals surface area (Å²) in [4.78, 5) is 44.0. The van der Waals surface area contributed by atoms with Crippen molar-refractivity contribution in [1.29, 1.82) is 0 Å². The van der Waals surface area contributed by atoms with Gasteiger partial charge in [-0.3, -0.25) is 14.4 Å². The first-order chi connectivity index (χ1) is 17.0. The minimum Gasteiger partial charge on any atom is -0.348 e. The van der Waals surface area contributed by atoms with Crippen LogP contribution in [0.2, 0.25) is 0 Å². The predicted octanol–water partition coefficient (Wildman–Crippen LogP) is 5.56. The van der Waals surface area contributed by atoms with Crippen molar-refractivity contribution in [2.45, 2.75) is 85.7 Å². The fraction of sp³-hybridized carbons (Fsp3) is 0.586. The molecule has 0 saturated carbocycles. The van der Waals surface area contributed by atoms with Gasteiger partial charge in [0.1, 0.15) is 11.5 Å². The van der Waals surface area contributed by atoms with Crippen molar-refractivity contribution in [1.82, 2.24) is 15.2 Å². The predicted molar refractivity (Wildman–Crippen MR) is 147 cm³/mol. The van der Waals surface area contributed by atoms with Crippen molar-refractivity contribution in [3.05, 3.63) is 52.0 Å². The van der Waals surface area contributed by atoms with E-state index in [9.17, 15) is 14.4 Å². The van der Waals surface area contributed by atoms with Crippen LogP contribution in [0.25, 0.3) is 0 Å². The number of nitrogens with one attached hydrogen (secondary N) is 1. The molecule has 1 N–H and O–H groups in total. The van der Waals surface area contributed by atoms with Crippen molar-refractivity contribution in [2.75, 3.05) is 7.05 Å². The molecule has 0 spiro atoms. The van der Waals surface area contributed by atoms with Crippen LogP contribution in [0.5, 0.6) is 0 Å². The van der Waals surface area contributed by atoms with Gasteiger partial charge >= 0.3 is 0 Å². The number of ketones is 1. The molecule has 6 nitrogen and oxygen atoms in total. The lowest BCUT2D eigenvalue weighted by Gasteiger charge is -2.32. The second-order valence-corrected chi connectivity index (χ2v) is 11.6. The van der Waals surface area contributed by atoms with Gasteiger partial charge in [-0.2, -0.15) is 0 Å². The van der Waals surface area contributed by atoms with Gasteiger partial charge in [0.2, 0.25) is 5.91 Å². The van der Waals surface area contributed by atoms with Gasteiger partial charge in [0.25, 0.3) is 5.91 Å². The Morgan fingerprint density at radius 2 is 1.72 bits per heavy atom. The first-order valence-electron chi connectivity index (χ1n) is 13.0. The number of amides is 2. The minimum absolute atomic E-state index is 0.120. The van der Waals surface area contributed by atoms with Crippen LogP contribution in [0.3, 0.4) is 0 Å². The van der Waals surface area contributed by atoms with Gasteiger partial charge in [-0.15, -0.1) is 11.3 Å². The standard InChI is InChI=1S/C29H43N3O3S/c1-19(2)15-28(34)32(7)26(20(3)4)13-14-27-31-25(18-36-27)29(35)30-24(16-21(5)22(6)33)17-23-11-9-8-10-12-23/h8-12,18-21,24,26H,13-17H2,1-7H3,(H,30,35). The van der Waals surface area contributed by atoms with E-state index in [1.807, 2.05) is 49.2 Å². The van der Waals surface area contributed by atoms with Crippen molar-refractivity contribution in [3.8, 4) is 0 Å². The molecular weight excluding hydrogens is 470 g/mol. The zero-order valence-corrected chi connectivity index (χ0v) is 23.7. The molecule has 1 aromatic carbocycles. The molecule has 7 heteroatoms. The molecule has 1 aromatic heterocycles. The fourth-order valence-corrected chi connectivity index (χ4v) is 5.19. The number of hydrogen-bond acceptors (Lipinski definition) is 5. The molecule has 0 bridgehead atoms. The van der Waals surface area contributed by atoms with Gasteiger partial charge < -0.3 is 10.2 Å². The second kappa shape index (κ2) is 14.3. The number of Topliss-reactive ketones (excluding diaryl/α,β-unsaturated/α-hetero) is 1. The Labute approximate surface area is 220 Å². The molecule has 198 valence electrons. The summed E-state index contributed by atoms with van der Waals surface area (Å²) in [6, 6.07) is 9.96. The lowest BCUT2D eigenvalue weighted by molar-refractivity contribution is -0.133. The highest BCUT2D eigenvalue weighted by Crippen LogP contribution is 2.21. The van der Waals surface area contributed by atoms with Gasteiger partial charge in [0.15, 0.2) is 0 Å². The maximum Gasteiger partial charge on any atom is 0.270 e. The number of carbonyl (C=O) groups is 3. The van der Waals surface area contributed by atoms with Crippen molar-refractivity contribution < 1.29 is 14.4 Å². The van der Waals surface area contributed by atoms with Crippen LogP contribution in [-0.4, -0.2) is 46.6 Å². The van der Waals surface area contributed by atoms with Gasteiger partial charge in [-0.05, 0) is 43.6 Å². The highest BCUT2D eigenvalue weighted by Gasteiger charge is 2.25. The molecule has 1 heterocycles. The molecular formula is C29H43N3O3S. The van der Waals surface area contributed by atoms with Crippen LogP contribution in [0.15, 0.2) is 35.7 Å². The lowest BCUT2D eigenvalue weighted by atomic mass is 9.94. The van der Waals surface area contributed by atoms with Gasteiger partial charge in [-0.25, -0.2) is 4.98 Å². The molecule has 3 unspecified atom stereocenters. The molecule has 0 fully saturated rings. The summed E-state index contributed by atoms with van der Waals surface area (Å²) in [5.74, 6) is 0.613. The Balaban J connectivity index is 2.03. The third-order valence-corrected chi connectivity index (χ3v) is 7.58. The molecule has 2 rings (SSSR count). The summed E-state index contributed by atoms with van der Waals surface area (Å²) in [6.45, 7) is 11.9. The van der Waals surface area contributed by atoms with E-state index < -0.39 is 0 Å². The molecule has 0 aliphatic carbocycles. The van der Waals surface area contributed by atoms with Crippen LogP contribution in [-0.2, 0) is 22.4 Å². The number of carbonyl (C=O) groups excluding carboxylic acids is 3. The maximum atomic E-state index is 13.1. The Morgan fingerprint density at radius 3 is 2.31 bits per heavy atom. The SMILES string of the molecule is CC(=O)C(C)CC(Cc1ccccc1)NC(=O)c1csc(CCC(C(C)C)N(C)C(=O)CC(C)C)n1. The van der Waals surface area contributed by atoms with Crippen molar-refractivity contribution in [3.63, 3.8) is 0 Å². The first kappa shape index (κ1) is 29.7. The Bertz CT molecular complexity index is 987. The molecule has 0 radical (unpaired) electrons. The van der Waals surface area contributed by atoms with Crippen LogP contribution < -0.4 is 5.32 Å². The Hall–Kier alpha value is -2.54. The molecule has 2 aromatic rings. The minimum atomic E-state index is -0.209. The molecule has 0 saturated heterocycles. The fourth-order valence-electron chi connectivity index (χ4n) is 4.40. The summed E-state index contributed by atoms with van der Waals surface area (Å²) in [6.07, 6.45) is 3.32. The number of hydrogen-bond donors (Lipinski definition) is 1. The van der Waals surface area contributed by atoms with Crippen LogP contribution >= 0.6 is 11.3 Å². The largest absolute Gasteiger partial charge is 0.348 e. The maximum absolute atomic E-state index is 13.1. The third kappa shape index (κ3) is 9.49. The summed E-state index contributed by atoms with van der Waals surface area (Å²) in [7, 11) is 1.89. The van der Waals surface area contributed by atoms with Crippen LogP contribution in [0.4, 0.5) is 0 Å². The number of rotatable bonds is 14. The number of thiazole rings is 1. The van der Waals surface area contributed by atoms with Crippen molar-refractivity contribution >= 4 is 28.9 Å². The molecule has 2 amide bonds. The zero-order chi connectivity index (χ0) is 26.8. The molecule has 3 atom stereocenters. The van der Waals surface area contributed by atoms with E-state index in [1.165, 1.54) is 11.3 Å². The second-order valence-electron chi connectivity index (χ2n) is 10.7. The number of nitrogens with zero attached hydrogens (tertiary/aromatic N) is 2. The van der Waals surface area contributed by atoms with E-state index in [1.54, 1.807) is 12.3 Å². The number of aryl methyl sites for hydroxylation is 1. The smallest absolute Gasteiger partial charge is 0.270 e. The number of benzene rings is 1. The first-order valence-corrected chi connectivity index (χ1v) is 13.9. The molecule has 0 aliphatic rings. The van der Waals surface area contributed by atoms with Crippen molar-refractivity contribution in [2.24, 2.45) is 17.8 Å². The van der Waals surface area contributed by atoms with Gasteiger partial charge in [0.05, 0.1) is 5.01 Å². The monoisotopic (exact) mass is 513 g/mol. The summed E-state index contributed by atoms with van der Waals surface area (Å²) in [5, 5.41) is 5.81. The van der Waals surface area contributed by atoms with Gasteiger partial charge in [0, 0.05) is 43.3 Å². The average Bonchev–Trinajstić information content (AvgIpc) is 3.28. The van der Waals surface area contributed by atoms with E-state index in [0.717, 1.165) is 23.4 Å². The Morgan fingerprint density at radius 1 is 1.06 bits per heavy atom. The number of aromatic nitrogens is 1. The molecule has 36 heavy (non-hydrogen) atoms. The highest BCUT2D eigenvalue weighted by atomic mass is 32.1. The lowest BCUT2D eigenvalue weighted by Crippen LogP contribution is -2.41. The van der Waals surface area contributed by atoms with Crippen LogP contribution in [0.1, 0.15) is 81.9 Å². The van der Waals surface area contributed by atoms with Crippen LogP contribution in [0, 0.1) is 17.8 Å². The summed E-state index contributed by atoms with van der Waals surface area (Å²) in [5.41, 5.74) is 1.53. The highest BCUT2D eigenvalue weighted by molar-refractivity contribution is 7.09. The summed E-state index contributed by atoms with van der Waals surface area (Å²) < 4.78 is 0. The van der Waals surface area contributed by atoms with E-state index >= 15 is 0 Å².